The second-order valence-electron chi connectivity index (χ2n) is 2.64. The van der Waals surface area contributed by atoms with Gasteiger partial charge in [0, 0.05) is 11.9 Å². The molecule has 2 N–H and O–H groups in total. The van der Waals surface area contributed by atoms with Crippen LogP contribution in [0.4, 0.5) is 5.13 Å². The zero-order chi connectivity index (χ0) is 9.26. The van der Waals surface area contributed by atoms with E-state index in [9.17, 15) is 0 Å². The Bertz CT molecular complexity index is 404. The van der Waals surface area contributed by atoms with Gasteiger partial charge in [0.15, 0.2) is 5.13 Å². The third-order valence-electron chi connectivity index (χ3n) is 1.84. The molecule has 0 saturated carbocycles. The van der Waals surface area contributed by atoms with E-state index in [4.69, 9.17) is 5.73 Å². The fourth-order valence-corrected chi connectivity index (χ4v) is 1.75. The number of thiazole rings is 1. The maximum Gasteiger partial charge on any atom is 0.180 e. The second-order valence-corrected chi connectivity index (χ2v) is 3.53. The van der Waals surface area contributed by atoms with Gasteiger partial charge in [-0.05, 0) is 6.92 Å². The van der Waals surface area contributed by atoms with Gasteiger partial charge in [0.1, 0.15) is 5.69 Å². The van der Waals surface area contributed by atoms with Gasteiger partial charge >= 0.3 is 0 Å². The lowest BCUT2D eigenvalue weighted by Gasteiger charge is -2.00. The lowest BCUT2D eigenvalue weighted by Crippen LogP contribution is -1.94. The van der Waals surface area contributed by atoms with Crippen molar-refractivity contribution in [1.82, 2.24) is 14.5 Å². The summed E-state index contributed by atoms with van der Waals surface area (Å²) in [5.74, 6) is 0. The molecule has 0 aliphatic rings. The number of aromatic nitrogens is 3. The SMILES string of the molecule is CCn1cncc1-c1csc(N)n1. The fourth-order valence-electron chi connectivity index (χ4n) is 1.19. The fraction of sp³-hybridized carbons (Fsp3) is 0.250. The first-order valence-electron chi connectivity index (χ1n) is 4.02. The van der Waals surface area contributed by atoms with Crippen LogP contribution in [0.15, 0.2) is 17.9 Å². The summed E-state index contributed by atoms with van der Waals surface area (Å²) in [5, 5.41) is 2.54. The van der Waals surface area contributed by atoms with Crippen LogP contribution in [0.25, 0.3) is 11.4 Å². The second kappa shape index (κ2) is 3.18. The van der Waals surface area contributed by atoms with E-state index in [1.807, 2.05) is 9.95 Å². The Hall–Kier alpha value is -1.36. The number of rotatable bonds is 2. The molecule has 0 aromatic carbocycles. The minimum absolute atomic E-state index is 0.596. The van der Waals surface area contributed by atoms with Crippen LogP contribution in [0, 0.1) is 0 Å². The van der Waals surface area contributed by atoms with Gasteiger partial charge in [-0.3, -0.25) is 0 Å². The highest BCUT2D eigenvalue weighted by molar-refractivity contribution is 7.13. The Morgan fingerprint density at radius 1 is 1.62 bits per heavy atom. The Balaban J connectivity index is 2.45. The standard InChI is InChI=1S/C8H10N4S/c1-2-12-5-10-3-7(12)6-4-13-8(9)11-6/h3-5H,2H2,1H3,(H2,9,11). The molecule has 68 valence electrons. The molecule has 2 rings (SSSR count). The Morgan fingerprint density at radius 2 is 2.46 bits per heavy atom. The summed E-state index contributed by atoms with van der Waals surface area (Å²) >= 11 is 1.45. The third kappa shape index (κ3) is 1.42. The van der Waals surface area contributed by atoms with Crippen LogP contribution in [-0.2, 0) is 6.54 Å². The number of nitrogens with zero attached hydrogens (tertiary/aromatic N) is 3. The highest BCUT2D eigenvalue weighted by Gasteiger charge is 2.06. The molecule has 2 aromatic rings. The molecule has 4 nitrogen and oxygen atoms in total. The van der Waals surface area contributed by atoms with Gasteiger partial charge in [-0.15, -0.1) is 11.3 Å². The van der Waals surface area contributed by atoms with Crippen molar-refractivity contribution in [2.45, 2.75) is 13.5 Å². The van der Waals surface area contributed by atoms with Crippen molar-refractivity contribution in [3.63, 3.8) is 0 Å². The predicted molar refractivity (Wildman–Crippen MR) is 53.4 cm³/mol. The molecule has 0 radical (unpaired) electrons. The summed E-state index contributed by atoms with van der Waals surface area (Å²) in [6.45, 7) is 2.97. The number of anilines is 1. The molecule has 0 fully saturated rings. The van der Waals surface area contributed by atoms with Gasteiger partial charge < -0.3 is 10.3 Å². The van der Waals surface area contributed by atoms with Gasteiger partial charge in [-0.1, -0.05) is 0 Å². The number of imidazole rings is 1. The van der Waals surface area contributed by atoms with E-state index in [1.54, 1.807) is 12.5 Å². The first-order chi connectivity index (χ1) is 6.31. The summed E-state index contributed by atoms with van der Waals surface area (Å²) in [5.41, 5.74) is 7.48. The average molecular weight is 194 g/mol. The minimum Gasteiger partial charge on any atom is -0.375 e. The van der Waals surface area contributed by atoms with E-state index in [0.29, 0.717) is 5.13 Å². The molecule has 0 aliphatic carbocycles. The first-order valence-corrected chi connectivity index (χ1v) is 4.90. The lowest BCUT2D eigenvalue weighted by molar-refractivity contribution is 0.767. The van der Waals surface area contributed by atoms with Crippen molar-refractivity contribution in [3.05, 3.63) is 17.9 Å². The van der Waals surface area contributed by atoms with Crippen LogP contribution in [-0.4, -0.2) is 14.5 Å². The molecule has 2 aromatic heterocycles. The molecule has 0 atom stereocenters. The van der Waals surface area contributed by atoms with Crippen molar-refractivity contribution in [2.24, 2.45) is 0 Å². The van der Waals surface area contributed by atoms with Gasteiger partial charge in [-0.25, -0.2) is 9.97 Å². The van der Waals surface area contributed by atoms with Crippen LogP contribution in [0.2, 0.25) is 0 Å². The largest absolute Gasteiger partial charge is 0.375 e. The molecule has 5 heteroatoms. The van der Waals surface area contributed by atoms with Crippen molar-refractivity contribution in [2.75, 3.05) is 5.73 Å². The lowest BCUT2D eigenvalue weighted by atomic mass is 10.3. The summed E-state index contributed by atoms with van der Waals surface area (Å²) in [6, 6.07) is 0. The van der Waals surface area contributed by atoms with Crippen molar-refractivity contribution < 1.29 is 0 Å². The van der Waals surface area contributed by atoms with Crippen molar-refractivity contribution in [3.8, 4) is 11.4 Å². The number of nitrogens with two attached hydrogens (primary N) is 1. The van der Waals surface area contributed by atoms with E-state index >= 15 is 0 Å². The third-order valence-corrected chi connectivity index (χ3v) is 2.51. The molecule has 0 amide bonds. The highest BCUT2D eigenvalue weighted by Crippen LogP contribution is 2.22. The summed E-state index contributed by atoms with van der Waals surface area (Å²) < 4.78 is 2.04. The van der Waals surface area contributed by atoms with Crippen LogP contribution < -0.4 is 5.73 Å². The first kappa shape index (κ1) is 8.25. The quantitative estimate of drug-likeness (QED) is 0.790. The number of nitrogen functional groups attached to an aromatic ring is 1. The Labute approximate surface area is 80.1 Å². The molecule has 2 heterocycles. The molecular weight excluding hydrogens is 184 g/mol. The van der Waals surface area contributed by atoms with Gasteiger partial charge in [-0.2, -0.15) is 0 Å². The predicted octanol–water partition coefficient (Wildman–Crippen LogP) is 1.61. The minimum atomic E-state index is 0.596. The monoisotopic (exact) mass is 194 g/mol. The van der Waals surface area contributed by atoms with Crippen molar-refractivity contribution >= 4 is 16.5 Å². The molecule has 13 heavy (non-hydrogen) atoms. The zero-order valence-electron chi connectivity index (χ0n) is 7.27. The van der Waals surface area contributed by atoms with Gasteiger partial charge in [0.05, 0.1) is 18.2 Å². The number of hydrogen-bond donors (Lipinski definition) is 1. The molecule has 0 bridgehead atoms. The number of hydrogen-bond acceptors (Lipinski definition) is 4. The van der Waals surface area contributed by atoms with E-state index in [2.05, 4.69) is 16.9 Å². The molecule has 0 spiro atoms. The van der Waals surface area contributed by atoms with Crippen LogP contribution in [0.5, 0.6) is 0 Å². The highest BCUT2D eigenvalue weighted by atomic mass is 32.1. The summed E-state index contributed by atoms with van der Waals surface area (Å²) in [7, 11) is 0. The van der Waals surface area contributed by atoms with E-state index < -0.39 is 0 Å². The zero-order valence-corrected chi connectivity index (χ0v) is 8.08. The van der Waals surface area contributed by atoms with E-state index in [-0.39, 0.29) is 0 Å². The average Bonchev–Trinajstić information content (AvgIpc) is 2.71. The molecule has 0 unspecified atom stereocenters. The summed E-state index contributed by atoms with van der Waals surface area (Å²) in [4.78, 5) is 8.26. The van der Waals surface area contributed by atoms with Crippen LogP contribution >= 0.6 is 11.3 Å². The molecular formula is C8H10N4S. The van der Waals surface area contributed by atoms with E-state index in [1.165, 1.54) is 11.3 Å². The molecule has 0 saturated heterocycles. The number of aryl methyl sites for hydroxylation is 1. The normalized spacial score (nSPS) is 10.5. The Morgan fingerprint density at radius 3 is 3.08 bits per heavy atom. The van der Waals surface area contributed by atoms with Gasteiger partial charge in [0.25, 0.3) is 0 Å². The van der Waals surface area contributed by atoms with Crippen LogP contribution in [0.3, 0.4) is 0 Å². The summed E-state index contributed by atoms with van der Waals surface area (Å²) in [6.07, 6.45) is 3.60. The molecule has 0 aliphatic heterocycles. The van der Waals surface area contributed by atoms with E-state index in [0.717, 1.165) is 17.9 Å². The van der Waals surface area contributed by atoms with Crippen molar-refractivity contribution in [1.29, 1.82) is 0 Å². The smallest absolute Gasteiger partial charge is 0.180 e. The van der Waals surface area contributed by atoms with Crippen LogP contribution in [0.1, 0.15) is 6.92 Å². The maximum atomic E-state index is 5.55. The maximum absolute atomic E-state index is 5.55. The van der Waals surface area contributed by atoms with Gasteiger partial charge in [0.2, 0.25) is 0 Å². The topological polar surface area (TPSA) is 56.7 Å². The Kier molecular flexibility index (Phi) is 2.02.